The molecule has 0 aromatic carbocycles. The molecule has 0 fully saturated rings. The first-order valence-electron chi connectivity index (χ1n) is 39.1. The van der Waals surface area contributed by atoms with Gasteiger partial charge in [-0.25, -0.2) is 0 Å². The van der Waals surface area contributed by atoms with Crippen molar-refractivity contribution < 1.29 is 24.5 Å². The van der Waals surface area contributed by atoms with Gasteiger partial charge in [0.2, 0.25) is 5.91 Å². The molecule has 0 saturated carbocycles. The Bertz CT molecular complexity index is 1330. The molecule has 6 nitrogen and oxygen atoms in total. The van der Waals surface area contributed by atoms with Gasteiger partial charge in [-0.15, -0.1) is 0 Å². The number of carbonyl (C=O) groups excluding carboxylic acids is 2. The molecule has 0 aliphatic carbocycles. The maximum atomic E-state index is 12.5. The minimum absolute atomic E-state index is 0.0175. The molecule has 0 saturated heterocycles. The molecule has 6 heteroatoms. The van der Waals surface area contributed by atoms with Gasteiger partial charge < -0.3 is 20.3 Å². The molecule has 0 aromatic rings. The SMILES string of the molecule is CCCCCCCC/C=C\CCCCCCCCCC(=O)OCCCCCCCCCCCCCCCCCCCCCCCCCCCCCCCCC(=O)NC(CO)C(O)/C=C/CCCCCCCCCCCCCCCCCCCCC. The second kappa shape index (κ2) is 74.8. The summed E-state index contributed by atoms with van der Waals surface area (Å²) < 4.78 is 5.51. The second-order valence-corrected chi connectivity index (χ2v) is 27.0. The average molecular weight is 1200 g/mol. The Balaban J connectivity index is 3.35. The van der Waals surface area contributed by atoms with E-state index in [9.17, 15) is 19.8 Å². The fraction of sp³-hybridized carbons (Fsp3) is 0.924. The molecule has 2 atom stereocenters. The first-order valence-corrected chi connectivity index (χ1v) is 39.1. The molecule has 0 rings (SSSR count). The number of hydrogen-bond donors (Lipinski definition) is 3. The lowest BCUT2D eigenvalue weighted by molar-refractivity contribution is -0.143. The third-order valence-corrected chi connectivity index (χ3v) is 18.5. The minimum Gasteiger partial charge on any atom is -0.466 e. The smallest absolute Gasteiger partial charge is 0.305 e. The maximum absolute atomic E-state index is 12.5. The van der Waals surface area contributed by atoms with Gasteiger partial charge in [-0.2, -0.15) is 0 Å². The van der Waals surface area contributed by atoms with Gasteiger partial charge in [-0.1, -0.05) is 398 Å². The number of aliphatic hydroxyl groups is 2. The zero-order valence-electron chi connectivity index (χ0n) is 57.9. The molecule has 1 amide bonds. The summed E-state index contributed by atoms with van der Waals surface area (Å²) in [6, 6.07) is -0.626. The Morgan fingerprint density at radius 2 is 0.553 bits per heavy atom. The zero-order chi connectivity index (χ0) is 61.3. The van der Waals surface area contributed by atoms with Crippen LogP contribution in [0.1, 0.15) is 444 Å². The van der Waals surface area contributed by atoms with Crippen LogP contribution in [-0.4, -0.2) is 47.4 Å². The van der Waals surface area contributed by atoms with E-state index in [2.05, 4.69) is 31.3 Å². The average Bonchev–Trinajstić information content (AvgIpc) is 3.51. The summed E-state index contributed by atoms with van der Waals surface area (Å²) >= 11 is 0. The van der Waals surface area contributed by atoms with Gasteiger partial charge in [0, 0.05) is 12.8 Å². The van der Waals surface area contributed by atoms with Crippen molar-refractivity contribution in [3.63, 3.8) is 0 Å². The first-order chi connectivity index (χ1) is 42.0. The van der Waals surface area contributed by atoms with Crippen LogP contribution in [-0.2, 0) is 14.3 Å². The summed E-state index contributed by atoms with van der Waals surface area (Å²) in [5.41, 5.74) is 0. The Kier molecular flexibility index (Phi) is 73.3. The number of ether oxygens (including phenoxy) is 1. The number of carbonyl (C=O) groups is 2. The standard InChI is InChI=1S/C79H153NO5/c1-3-5-7-9-11-13-15-17-19-21-22-33-36-40-43-47-51-55-59-63-67-71-77(82)76(75-81)80-78(83)72-68-64-60-56-52-48-44-41-37-34-31-29-27-25-23-24-26-28-30-32-35-38-42-46-50-54-58-62-66-70-74-85-79(84)73-69-65-61-57-53-49-45-39-20-18-16-14-12-10-8-6-4-2/h18,20,67,71,76-77,81-82H,3-17,19,21-66,68-70,72-75H2,1-2H3,(H,80,83)/b20-18-,71-67+. The summed E-state index contributed by atoms with van der Waals surface area (Å²) in [5.74, 6) is -0.0419. The highest BCUT2D eigenvalue weighted by atomic mass is 16.5. The quantitative estimate of drug-likeness (QED) is 0.0320. The highest BCUT2D eigenvalue weighted by Crippen LogP contribution is 2.20. The highest BCUT2D eigenvalue weighted by Gasteiger charge is 2.18. The van der Waals surface area contributed by atoms with Crippen LogP contribution in [0.2, 0.25) is 0 Å². The fourth-order valence-electron chi connectivity index (χ4n) is 12.5. The van der Waals surface area contributed by atoms with Crippen LogP contribution in [0.15, 0.2) is 24.3 Å². The van der Waals surface area contributed by atoms with Gasteiger partial charge in [0.05, 0.1) is 25.4 Å². The van der Waals surface area contributed by atoms with Crippen LogP contribution in [0.4, 0.5) is 0 Å². The number of rotatable bonds is 74. The van der Waals surface area contributed by atoms with Gasteiger partial charge in [-0.3, -0.25) is 9.59 Å². The molecule has 3 N–H and O–H groups in total. The van der Waals surface area contributed by atoms with E-state index in [-0.39, 0.29) is 18.5 Å². The summed E-state index contributed by atoms with van der Waals surface area (Å²) in [7, 11) is 0. The third-order valence-electron chi connectivity index (χ3n) is 18.5. The zero-order valence-corrected chi connectivity index (χ0v) is 57.9. The maximum Gasteiger partial charge on any atom is 0.305 e. The predicted molar refractivity (Wildman–Crippen MR) is 375 cm³/mol. The van der Waals surface area contributed by atoms with Crippen LogP contribution < -0.4 is 5.32 Å². The monoisotopic (exact) mass is 1200 g/mol. The summed E-state index contributed by atoms with van der Waals surface area (Å²) in [4.78, 5) is 24.6. The van der Waals surface area contributed by atoms with Crippen molar-refractivity contribution in [2.24, 2.45) is 0 Å². The minimum atomic E-state index is -0.843. The first kappa shape index (κ1) is 83.3. The largest absolute Gasteiger partial charge is 0.466 e. The van der Waals surface area contributed by atoms with E-state index in [1.807, 2.05) is 6.08 Å². The lowest BCUT2D eigenvalue weighted by atomic mass is 10.0. The molecule has 85 heavy (non-hydrogen) atoms. The van der Waals surface area contributed by atoms with Gasteiger partial charge in [0.1, 0.15) is 0 Å². The number of hydrogen-bond acceptors (Lipinski definition) is 5. The van der Waals surface area contributed by atoms with Gasteiger partial charge in [-0.05, 0) is 57.8 Å². The molecule has 0 aliphatic heterocycles. The number of nitrogens with one attached hydrogen (secondary N) is 1. The third kappa shape index (κ3) is 71.3. The summed E-state index contributed by atoms with van der Waals surface area (Å²) in [5, 5.41) is 23.3. The number of allylic oxidation sites excluding steroid dienone is 3. The van der Waals surface area contributed by atoms with Crippen molar-refractivity contribution in [3.05, 3.63) is 24.3 Å². The fourth-order valence-corrected chi connectivity index (χ4v) is 12.5. The van der Waals surface area contributed by atoms with E-state index in [0.29, 0.717) is 19.4 Å². The number of unbranched alkanes of at least 4 members (excludes halogenated alkanes) is 61. The summed E-state index contributed by atoms with van der Waals surface area (Å²) in [6.07, 6.45) is 95.8. The van der Waals surface area contributed by atoms with Crippen LogP contribution in [0.3, 0.4) is 0 Å². The molecule has 0 heterocycles. The molecular formula is C79H153NO5. The van der Waals surface area contributed by atoms with E-state index in [4.69, 9.17) is 4.74 Å². The van der Waals surface area contributed by atoms with Crippen LogP contribution >= 0.6 is 0 Å². The van der Waals surface area contributed by atoms with Gasteiger partial charge in [0.25, 0.3) is 0 Å². The molecule has 504 valence electrons. The van der Waals surface area contributed by atoms with E-state index in [1.54, 1.807) is 6.08 Å². The van der Waals surface area contributed by atoms with Crippen LogP contribution in [0.25, 0.3) is 0 Å². The lowest BCUT2D eigenvalue weighted by Crippen LogP contribution is -2.45. The van der Waals surface area contributed by atoms with Crippen LogP contribution in [0.5, 0.6) is 0 Å². The number of aliphatic hydroxyl groups excluding tert-OH is 2. The molecule has 0 aromatic heterocycles. The molecule has 0 aliphatic rings. The van der Waals surface area contributed by atoms with Crippen molar-refractivity contribution >= 4 is 11.9 Å². The number of esters is 1. The number of amides is 1. The van der Waals surface area contributed by atoms with Gasteiger partial charge in [0.15, 0.2) is 0 Å². The van der Waals surface area contributed by atoms with E-state index < -0.39 is 12.1 Å². The van der Waals surface area contributed by atoms with E-state index in [0.717, 1.165) is 44.9 Å². The summed E-state index contributed by atoms with van der Waals surface area (Å²) in [6.45, 7) is 4.95. The van der Waals surface area contributed by atoms with Gasteiger partial charge >= 0.3 is 5.97 Å². The van der Waals surface area contributed by atoms with E-state index >= 15 is 0 Å². The van der Waals surface area contributed by atoms with Crippen LogP contribution in [0, 0.1) is 0 Å². The molecule has 0 bridgehead atoms. The van der Waals surface area contributed by atoms with Crippen molar-refractivity contribution in [1.82, 2.24) is 5.32 Å². The van der Waals surface area contributed by atoms with Crippen molar-refractivity contribution in [2.45, 2.75) is 456 Å². The Morgan fingerprint density at radius 1 is 0.318 bits per heavy atom. The molecule has 0 radical (unpaired) electrons. The molecule has 2 unspecified atom stereocenters. The molecular weight excluding hydrogens is 1040 g/mol. The highest BCUT2D eigenvalue weighted by molar-refractivity contribution is 5.76. The normalized spacial score (nSPS) is 12.6. The Labute approximate surface area is 532 Å². The second-order valence-electron chi connectivity index (χ2n) is 27.0. The van der Waals surface area contributed by atoms with Crippen molar-refractivity contribution in [2.75, 3.05) is 13.2 Å². The van der Waals surface area contributed by atoms with Crippen molar-refractivity contribution in [1.29, 1.82) is 0 Å². The predicted octanol–water partition coefficient (Wildman–Crippen LogP) is 25.7. The topological polar surface area (TPSA) is 95.9 Å². The Morgan fingerprint density at radius 3 is 0.835 bits per heavy atom. The van der Waals surface area contributed by atoms with E-state index in [1.165, 1.54) is 372 Å². The lowest BCUT2D eigenvalue weighted by Gasteiger charge is -2.20. The molecule has 0 spiro atoms. The van der Waals surface area contributed by atoms with Crippen molar-refractivity contribution in [3.8, 4) is 0 Å². The Hall–Kier alpha value is -1.66.